The van der Waals surface area contributed by atoms with Crippen LogP contribution >= 0.6 is 0 Å². The van der Waals surface area contributed by atoms with Crippen LogP contribution in [0.3, 0.4) is 0 Å². The minimum atomic E-state index is -0.129. The van der Waals surface area contributed by atoms with Crippen molar-refractivity contribution in [2.45, 2.75) is 6.92 Å². The van der Waals surface area contributed by atoms with E-state index in [9.17, 15) is 4.79 Å². The molecule has 0 radical (unpaired) electrons. The number of carbonyl (C=O) groups excluding carboxylic acids is 1. The van der Waals surface area contributed by atoms with Crippen LogP contribution in [0.2, 0.25) is 0 Å². The molecule has 26 heavy (non-hydrogen) atoms. The summed E-state index contributed by atoms with van der Waals surface area (Å²) in [4.78, 5) is 17.3. The van der Waals surface area contributed by atoms with Gasteiger partial charge >= 0.3 is 0 Å². The van der Waals surface area contributed by atoms with Crippen molar-refractivity contribution >= 4 is 22.5 Å². The molecule has 0 bridgehead atoms. The maximum atomic E-state index is 12.5. The number of rotatable bonds is 3. The van der Waals surface area contributed by atoms with E-state index in [1.807, 2.05) is 60.7 Å². The van der Waals surface area contributed by atoms with Crippen molar-refractivity contribution in [1.82, 2.24) is 4.98 Å². The Morgan fingerprint density at radius 1 is 0.846 bits per heavy atom. The van der Waals surface area contributed by atoms with Gasteiger partial charge in [-0.3, -0.25) is 4.79 Å². The van der Waals surface area contributed by atoms with Crippen LogP contribution in [0.25, 0.3) is 22.2 Å². The molecule has 4 rings (SSSR count). The molecule has 126 valence electrons. The summed E-state index contributed by atoms with van der Waals surface area (Å²) in [6.45, 7) is 2.08. The van der Waals surface area contributed by atoms with E-state index in [4.69, 9.17) is 4.98 Å². The van der Waals surface area contributed by atoms with Crippen molar-refractivity contribution < 1.29 is 4.79 Å². The summed E-state index contributed by atoms with van der Waals surface area (Å²) < 4.78 is 0. The van der Waals surface area contributed by atoms with Gasteiger partial charge in [0.05, 0.1) is 16.9 Å². The zero-order valence-electron chi connectivity index (χ0n) is 14.4. The van der Waals surface area contributed by atoms with Crippen molar-refractivity contribution in [2.24, 2.45) is 0 Å². The highest BCUT2D eigenvalue weighted by molar-refractivity contribution is 6.06. The Kier molecular flexibility index (Phi) is 4.20. The number of carbonyl (C=O) groups is 1. The minimum absolute atomic E-state index is 0.129. The van der Waals surface area contributed by atoms with Crippen molar-refractivity contribution in [3.05, 3.63) is 96.1 Å². The number of anilines is 1. The molecule has 1 N–H and O–H groups in total. The third-order valence-electron chi connectivity index (χ3n) is 4.41. The van der Waals surface area contributed by atoms with Crippen molar-refractivity contribution in [3.63, 3.8) is 0 Å². The van der Waals surface area contributed by atoms with Gasteiger partial charge in [0.2, 0.25) is 0 Å². The number of hydrogen-bond donors (Lipinski definition) is 1. The molecule has 3 nitrogen and oxygen atoms in total. The maximum absolute atomic E-state index is 12.5. The maximum Gasteiger partial charge on any atom is 0.255 e. The van der Waals surface area contributed by atoms with Crippen LogP contribution < -0.4 is 5.32 Å². The van der Waals surface area contributed by atoms with E-state index >= 15 is 0 Å². The zero-order chi connectivity index (χ0) is 17.9. The lowest BCUT2D eigenvalue weighted by atomic mass is 10.0. The van der Waals surface area contributed by atoms with Gasteiger partial charge in [0.25, 0.3) is 5.91 Å². The Bertz CT molecular complexity index is 1090. The molecule has 3 heteroatoms. The van der Waals surface area contributed by atoms with Crippen molar-refractivity contribution in [2.75, 3.05) is 5.32 Å². The van der Waals surface area contributed by atoms with Crippen molar-refractivity contribution in [3.8, 4) is 11.3 Å². The van der Waals surface area contributed by atoms with Crippen molar-refractivity contribution in [1.29, 1.82) is 0 Å². The second-order valence-corrected chi connectivity index (χ2v) is 6.21. The quantitative estimate of drug-likeness (QED) is 0.539. The molecule has 0 unspecified atom stereocenters. The summed E-state index contributed by atoms with van der Waals surface area (Å²) in [5, 5.41) is 4.15. The average Bonchev–Trinajstić information content (AvgIpc) is 2.69. The Labute approximate surface area is 152 Å². The van der Waals surface area contributed by atoms with E-state index in [0.717, 1.165) is 33.4 Å². The summed E-state index contributed by atoms with van der Waals surface area (Å²) in [5.74, 6) is -0.129. The average molecular weight is 338 g/mol. The number of fused-ring (bicyclic) bond motifs is 1. The number of aromatic nitrogens is 1. The molecule has 0 saturated carbocycles. The van der Waals surface area contributed by atoms with Gasteiger partial charge in [-0.25, -0.2) is 4.98 Å². The van der Waals surface area contributed by atoms with Gasteiger partial charge in [-0.1, -0.05) is 54.6 Å². The molecule has 0 aliphatic rings. The lowest BCUT2D eigenvalue weighted by molar-refractivity contribution is 0.102. The first-order valence-corrected chi connectivity index (χ1v) is 8.54. The highest BCUT2D eigenvalue weighted by Gasteiger charge is 2.12. The van der Waals surface area contributed by atoms with E-state index in [1.165, 1.54) is 0 Å². The van der Waals surface area contributed by atoms with Gasteiger partial charge in [0.1, 0.15) is 0 Å². The number of nitrogens with zero attached hydrogens (tertiary/aromatic N) is 1. The van der Waals surface area contributed by atoms with Crippen LogP contribution in [0, 0.1) is 6.92 Å². The second kappa shape index (κ2) is 6.81. The summed E-state index contributed by atoms with van der Waals surface area (Å²) in [5.41, 5.74) is 5.26. The molecule has 1 amide bonds. The standard InChI is InChI=1S/C23H18N2O/c1-16-15-22(24-20-13-7-5-11-18(16)20)19-12-6-8-14-21(19)25-23(26)17-9-3-2-4-10-17/h2-15H,1H3,(H,25,26). The smallest absolute Gasteiger partial charge is 0.255 e. The highest BCUT2D eigenvalue weighted by atomic mass is 16.1. The fourth-order valence-corrected chi connectivity index (χ4v) is 3.09. The molecule has 0 atom stereocenters. The first-order chi connectivity index (χ1) is 12.7. The Morgan fingerprint density at radius 3 is 2.38 bits per heavy atom. The third-order valence-corrected chi connectivity index (χ3v) is 4.41. The Hall–Kier alpha value is -3.46. The lowest BCUT2D eigenvalue weighted by Gasteiger charge is -2.12. The zero-order valence-corrected chi connectivity index (χ0v) is 14.4. The summed E-state index contributed by atoms with van der Waals surface area (Å²) in [6.07, 6.45) is 0. The number of para-hydroxylation sites is 2. The number of hydrogen-bond acceptors (Lipinski definition) is 2. The molecule has 1 heterocycles. The largest absolute Gasteiger partial charge is 0.321 e. The molecule has 0 aliphatic carbocycles. The fourth-order valence-electron chi connectivity index (χ4n) is 3.09. The van der Waals surface area contributed by atoms with E-state index in [-0.39, 0.29) is 5.91 Å². The molecule has 0 spiro atoms. The summed E-state index contributed by atoms with van der Waals surface area (Å²) in [6, 6.07) is 27.1. The molecule has 0 aliphatic heterocycles. The Balaban J connectivity index is 1.76. The van der Waals surface area contributed by atoms with Gasteiger partial charge in [0, 0.05) is 16.5 Å². The van der Waals surface area contributed by atoms with E-state index in [0.29, 0.717) is 5.56 Å². The van der Waals surface area contributed by atoms with E-state index in [1.54, 1.807) is 12.1 Å². The topological polar surface area (TPSA) is 42.0 Å². The first kappa shape index (κ1) is 16.0. The minimum Gasteiger partial charge on any atom is -0.321 e. The monoisotopic (exact) mass is 338 g/mol. The van der Waals surface area contributed by atoms with Crippen LogP contribution in [0.1, 0.15) is 15.9 Å². The van der Waals surface area contributed by atoms with Crippen LogP contribution in [0.4, 0.5) is 5.69 Å². The number of amides is 1. The van der Waals surface area contributed by atoms with Gasteiger partial charge in [0.15, 0.2) is 0 Å². The molecular formula is C23H18N2O. The van der Waals surface area contributed by atoms with Gasteiger partial charge < -0.3 is 5.32 Å². The highest BCUT2D eigenvalue weighted by Crippen LogP contribution is 2.30. The van der Waals surface area contributed by atoms with E-state index < -0.39 is 0 Å². The SMILES string of the molecule is Cc1cc(-c2ccccc2NC(=O)c2ccccc2)nc2ccccc12. The molecule has 0 saturated heterocycles. The third kappa shape index (κ3) is 3.07. The molecule has 4 aromatic rings. The molecule has 1 aromatic heterocycles. The van der Waals surface area contributed by atoms with Crippen LogP contribution in [-0.2, 0) is 0 Å². The molecule has 0 fully saturated rings. The number of benzene rings is 3. The van der Waals surface area contributed by atoms with Crippen LogP contribution in [0.15, 0.2) is 84.9 Å². The molecule has 3 aromatic carbocycles. The molecular weight excluding hydrogens is 320 g/mol. The van der Waals surface area contributed by atoms with E-state index in [2.05, 4.69) is 24.4 Å². The number of nitrogens with one attached hydrogen (secondary N) is 1. The predicted octanol–water partition coefficient (Wildman–Crippen LogP) is 5.46. The van der Waals surface area contributed by atoms with Gasteiger partial charge in [-0.15, -0.1) is 0 Å². The lowest BCUT2D eigenvalue weighted by Crippen LogP contribution is -2.12. The number of aryl methyl sites for hydroxylation is 1. The summed E-state index contributed by atoms with van der Waals surface area (Å²) in [7, 11) is 0. The van der Waals surface area contributed by atoms with Crippen LogP contribution in [0.5, 0.6) is 0 Å². The second-order valence-electron chi connectivity index (χ2n) is 6.21. The van der Waals surface area contributed by atoms with Crippen LogP contribution in [-0.4, -0.2) is 10.9 Å². The fraction of sp³-hybridized carbons (Fsp3) is 0.0435. The Morgan fingerprint density at radius 2 is 1.54 bits per heavy atom. The van der Waals surface area contributed by atoms with Gasteiger partial charge in [-0.05, 0) is 42.8 Å². The van der Waals surface area contributed by atoms with Gasteiger partial charge in [-0.2, -0.15) is 0 Å². The normalized spacial score (nSPS) is 10.7. The number of pyridine rings is 1. The summed E-state index contributed by atoms with van der Waals surface area (Å²) >= 11 is 0. The predicted molar refractivity (Wildman–Crippen MR) is 106 cm³/mol. The first-order valence-electron chi connectivity index (χ1n) is 8.54.